The molecule has 23 heavy (non-hydrogen) atoms. The minimum Gasteiger partial charge on any atom is -0.365 e. The van der Waals surface area contributed by atoms with Crippen molar-refractivity contribution in [3.8, 4) is 11.3 Å². The number of non-ortho nitro benzene ring substituents is 1. The highest BCUT2D eigenvalue weighted by atomic mass is 32.1. The van der Waals surface area contributed by atoms with Crippen molar-refractivity contribution >= 4 is 34.2 Å². The minimum absolute atomic E-state index is 0.0466. The first-order valence-electron chi connectivity index (χ1n) is 6.45. The molecular weight excluding hydrogens is 320 g/mol. The number of nitro groups is 1. The lowest BCUT2D eigenvalue weighted by Gasteiger charge is -2.00. The number of thiazole rings is 1. The lowest BCUT2D eigenvalue weighted by molar-refractivity contribution is -0.384. The van der Waals surface area contributed by atoms with Crippen LogP contribution in [-0.4, -0.2) is 26.5 Å². The van der Waals surface area contributed by atoms with Gasteiger partial charge in [0.1, 0.15) is 16.3 Å². The Balaban J connectivity index is 2.20. The van der Waals surface area contributed by atoms with Crippen molar-refractivity contribution in [1.29, 1.82) is 0 Å². The molecule has 0 saturated carbocycles. The van der Waals surface area contributed by atoms with Crippen molar-refractivity contribution in [3.63, 3.8) is 0 Å². The number of benzene rings is 1. The van der Waals surface area contributed by atoms with Gasteiger partial charge in [-0.2, -0.15) is 0 Å². The Morgan fingerprint density at radius 3 is 2.57 bits per heavy atom. The lowest BCUT2D eigenvalue weighted by Crippen LogP contribution is -2.11. The molecule has 0 aliphatic rings. The first-order valence-corrected chi connectivity index (χ1v) is 7.27. The molecule has 0 atom stereocenters. The number of primary amides is 1. The van der Waals surface area contributed by atoms with Crippen molar-refractivity contribution in [2.45, 2.75) is 6.92 Å². The maximum Gasteiger partial charge on any atom is 0.269 e. The maximum atomic E-state index is 11.5. The molecule has 0 aliphatic carbocycles. The third kappa shape index (κ3) is 2.27. The molecule has 0 unspecified atom stereocenters. The molecular formula is C14H10N4O4S. The third-order valence-electron chi connectivity index (χ3n) is 3.43. The highest BCUT2D eigenvalue weighted by Crippen LogP contribution is 2.30. The SMILES string of the molecule is Cc1c(C(N)=O)sc2nc(-c3ccc([N+](=O)[O-])cc3)c(C=O)n12. The van der Waals surface area contributed by atoms with Gasteiger partial charge in [-0.1, -0.05) is 11.3 Å². The van der Waals surface area contributed by atoms with Crippen LogP contribution in [-0.2, 0) is 0 Å². The number of aromatic nitrogens is 2. The van der Waals surface area contributed by atoms with Crippen LogP contribution in [0.25, 0.3) is 16.2 Å². The summed E-state index contributed by atoms with van der Waals surface area (Å²) in [6.45, 7) is 1.68. The Hall–Kier alpha value is -3.07. The Kier molecular flexibility index (Phi) is 3.41. The zero-order valence-corrected chi connectivity index (χ0v) is 12.7. The highest BCUT2D eigenvalue weighted by molar-refractivity contribution is 7.19. The third-order valence-corrected chi connectivity index (χ3v) is 4.58. The maximum absolute atomic E-state index is 11.5. The molecule has 0 bridgehead atoms. The number of nitro benzene ring substituents is 1. The number of aryl methyl sites for hydroxylation is 1. The van der Waals surface area contributed by atoms with Crippen LogP contribution in [0.1, 0.15) is 25.9 Å². The van der Waals surface area contributed by atoms with E-state index in [0.29, 0.717) is 33.1 Å². The molecule has 3 rings (SSSR count). The fourth-order valence-electron chi connectivity index (χ4n) is 2.36. The van der Waals surface area contributed by atoms with Gasteiger partial charge in [-0.05, 0) is 19.1 Å². The van der Waals surface area contributed by atoms with Gasteiger partial charge in [0.15, 0.2) is 11.2 Å². The van der Waals surface area contributed by atoms with Crippen LogP contribution >= 0.6 is 11.3 Å². The summed E-state index contributed by atoms with van der Waals surface area (Å²) in [7, 11) is 0. The van der Waals surface area contributed by atoms with Gasteiger partial charge in [-0.15, -0.1) is 0 Å². The van der Waals surface area contributed by atoms with Crippen LogP contribution in [0.3, 0.4) is 0 Å². The number of hydrogen-bond donors (Lipinski definition) is 1. The second kappa shape index (κ2) is 5.29. The minimum atomic E-state index is -0.577. The Bertz CT molecular complexity index is 955. The monoisotopic (exact) mass is 330 g/mol. The molecule has 0 saturated heterocycles. The number of amides is 1. The zero-order valence-electron chi connectivity index (χ0n) is 11.8. The first kappa shape index (κ1) is 14.9. The van der Waals surface area contributed by atoms with E-state index in [1.807, 2.05) is 0 Å². The van der Waals surface area contributed by atoms with Crippen LogP contribution in [0.15, 0.2) is 24.3 Å². The Labute approximate surface area is 133 Å². The molecule has 2 aromatic heterocycles. The van der Waals surface area contributed by atoms with Crippen LogP contribution < -0.4 is 5.73 Å². The van der Waals surface area contributed by atoms with E-state index in [9.17, 15) is 19.7 Å². The molecule has 3 aromatic rings. The van der Waals surface area contributed by atoms with Crippen molar-refractivity contribution in [3.05, 3.63) is 50.6 Å². The molecule has 0 radical (unpaired) electrons. The summed E-state index contributed by atoms with van der Waals surface area (Å²) in [6, 6.07) is 5.75. The Morgan fingerprint density at radius 2 is 2.04 bits per heavy atom. The molecule has 9 heteroatoms. The molecule has 1 amide bonds. The van der Waals surface area contributed by atoms with Crippen LogP contribution in [0.5, 0.6) is 0 Å². The molecule has 2 heterocycles. The van der Waals surface area contributed by atoms with Gasteiger partial charge in [-0.3, -0.25) is 24.1 Å². The van der Waals surface area contributed by atoms with E-state index >= 15 is 0 Å². The van der Waals surface area contributed by atoms with E-state index in [1.54, 1.807) is 11.3 Å². The van der Waals surface area contributed by atoms with Crippen LogP contribution in [0, 0.1) is 17.0 Å². The van der Waals surface area contributed by atoms with Gasteiger partial charge in [0, 0.05) is 23.4 Å². The second-order valence-corrected chi connectivity index (χ2v) is 5.74. The topological polar surface area (TPSA) is 121 Å². The summed E-state index contributed by atoms with van der Waals surface area (Å²) in [4.78, 5) is 38.3. The van der Waals surface area contributed by atoms with E-state index < -0.39 is 10.8 Å². The van der Waals surface area contributed by atoms with Gasteiger partial charge >= 0.3 is 0 Å². The summed E-state index contributed by atoms with van der Waals surface area (Å²) in [5.41, 5.74) is 7.05. The largest absolute Gasteiger partial charge is 0.365 e. The quantitative estimate of drug-likeness (QED) is 0.446. The average molecular weight is 330 g/mol. The lowest BCUT2D eigenvalue weighted by atomic mass is 10.1. The zero-order chi connectivity index (χ0) is 16.7. The second-order valence-electron chi connectivity index (χ2n) is 4.77. The number of aldehydes is 1. The summed E-state index contributed by atoms with van der Waals surface area (Å²) < 4.78 is 1.56. The summed E-state index contributed by atoms with van der Waals surface area (Å²) in [6.07, 6.45) is 0.640. The number of carbonyl (C=O) groups excluding carboxylic acids is 2. The molecule has 2 N–H and O–H groups in total. The van der Waals surface area contributed by atoms with Gasteiger partial charge < -0.3 is 5.73 Å². The van der Waals surface area contributed by atoms with Crippen LogP contribution in [0.4, 0.5) is 5.69 Å². The highest BCUT2D eigenvalue weighted by Gasteiger charge is 2.21. The Morgan fingerprint density at radius 1 is 1.39 bits per heavy atom. The molecule has 116 valence electrons. The van der Waals surface area contributed by atoms with Crippen molar-refractivity contribution in [1.82, 2.24) is 9.38 Å². The number of nitrogens with zero attached hydrogens (tertiary/aromatic N) is 3. The smallest absolute Gasteiger partial charge is 0.269 e. The van der Waals surface area contributed by atoms with E-state index in [-0.39, 0.29) is 11.4 Å². The molecule has 8 nitrogen and oxygen atoms in total. The fourth-order valence-corrected chi connectivity index (χ4v) is 3.35. The normalized spacial score (nSPS) is 10.8. The number of imidazole rings is 1. The first-order chi connectivity index (χ1) is 10.9. The number of rotatable bonds is 4. The number of hydrogen-bond acceptors (Lipinski definition) is 6. The van der Waals surface area contributed by atoms with E-state index in [1.165, 1.54) is 24.3 Å². The predicted molar refractivity (Wildman–Crippen MR) is 83.8 cm³/mol. The molecule has 0 fully saturated rings. The van der Waals surface area contributed by atoms with Crippen molar-refractivity contribution in [2.75, 3.05) is 0 Å². The summed E-state index contributed by atoms with van der Waals surface area (Å²) in [5.74, 6) is -0.577. The van der Waals surface area contributed by atoms with Gasteiger partial charge in [0.05, 0.1) is 4.92 Å². The van der Waals surface area contributed by atoms with Gasteiger partial charge in [-0.25, -0.2) is 4.98 Å². The van der Waals surface area contributed by atoms with Crippen molar-refractivity contribution in [2.24, 2.45) is 5.73 Å². The average Bonchev–Trinajstić information content (AvgIpc) is 3.04. The fraction of sp³-hybridized carbons (Fsp3) is 0.0714. The summed E-state index contributed by atoms with van der Waals surface area (Å²) in [5, 5.41) is 10.7. The van der Waals surface area contributed by atoms with E-state index in [4.69, 9.17) is 5.73 Å². The molecule has 1 aromatic carbocycles. The number of fused-ring (bicyclic) bond motifs is 1. The van der Waals surface area contributed by atoms with E-state index in [2.05, 4.69) is 4.98 Å². The van der Waals surface area contributed by atoms with Crippen molar-refractivity contribution < 1.29 is 14.5 Å². The standard InChI is InChI=1S/C14H10N4O4S/c1-7-12(13(15)20)23-14-16-11(10(6-19)17(7)14)8-2-4-9(5-3-8)18(21)22/h2-6H,1H3,(H2,15,20). The number of nitrogens with two attached hydrogens (primary N) is 1. The predicted octanol–water partition coefficient (Wildman–Crippen LogP) is 2.19. The molecule has 0 spiro atoms. The summed E-state index contributed by atoms with van der Waals surface area (Å²) >= 11 is 1.10. The number of carbonyl (C=O) groups is 2. The van der Waals surface area contributed by atoms with E-state index in [0.717, 1.165) is 11.3 Å². The molecule has 0 aliphatic heterocycles. The van der Waals surface area contributed by atoms with Gasteiger partial charge in [0.25, 0.3) is 11.6 Å². The van der Waals surface area contributed by atoms with Gasteiger partial charge in [0.2, 0.25) is 0 Å². The van der Waals surface area contributed by atoms with Crippen LogP contribution in [0.2, 0.25) is 0 Å².